The fourth-order valence-electron chi connectivity index (χ4n) is 2.43. The molecular weight excluding hydrogens is 353 g/mol. The van der Waals surface area contributed by atoms with E-state index in [1.54, 1.807) is 31.2 Å². The SMILES string of the molecule is Cc1nc(CSc2ccccc2C(=O)NCCc2ccccc2F)no1. The van der Waals surface area contributed by atoms with Gasteiger partial charge < -0.3 is 9.84 Å². The fourth-order valence-corrected chi connectivity index (χ4v) is 3.32. The number of halogens is 1. The Hall–Kier alpha value is -2.67. The zero-order valence-electron chi connectivity index (χ0n) is 14.2. The number of rotatable bonds is 7. The van der Waals surface area contributed by atoms with Gasteiger partial charge in [-0.25, -0.2) is 4.39 Å². The van der Waals surface area contributed by atoms with Gasteiger partial charge in [0.2, 0.25) is 5.89 Å². The van der Waals surface area contributed by atoms with Crippen molar-refractivity contribution < 1.29 is 13.7 Å². The molecule has 0 saturated heterocycles. The van der Waals surface area contributed by atoms with Crippen molar-refractivity contribution in [3.63, 3.8) is 0 Å². The topological polar surface area (TPSA) is 68.0 Å². The van der Waals surface area contributed by atoms with Crippen LogP contribution in [0.1, 0.15) is 27.6 Å². The van der Waals surface area contributed by atoms with E-state index in [0.717, 1.165) is 4.90 Å². The van der Waals surface area contributed by atoms with Gasteiger partial charge in [0.05, 0.1) is 11.3 Å². The Morgan fingerprint density at radius 3 is 2.73 bits per heavy atom. The van der Waals surface area contributed by atoms with Crippen LogP contribution in [-0.4, -0.2) is 22.6 Å². The average Bonchev–Trinajstić information content (AvgIpc) is 3.07. The van der Waals surface area contributed by atoms with Gasteiger partial charge in [0, 0.05) is 18.4 Å². The summed E-state index contributed by atoms with van der Waals surface area (Å²) in [5, 5.41) is 6.70. The van der Waals surface area contributed by atoms with E-state index in [-0.39, 0.29) is 11.7 Å². The van der Waals surface area contributed by atoms with Crippen LogP contribution in [0, 0.1) is 12.7 Å². The highest BCUT2D eigenvalue weighted by atomic mass is 32.2. The maximum absolute atomic E-state index is 13.6. The monoisotopic (exact) mass is 371 g/mol. The molecule has 0 aliphatic heterocycles. The molecule has 0 spiro atoms. The number of nitrogens with zero attached hydrogens (tertiary/aromatic N) is 2. The van der Waals surface area contributed by atoms with E-state index in [1.165, 1.54) is 17.8 Å². The second-order valence-corrected chi connectivity index (χ2v) is 6.63. The third kappa shape index (κ3) is 4.70. The lowest BCUT2D eigenvalue weighted by atomic mass is 10.1. The summed E-state index contributed by atoms with van der Waals surface area (Å²) >= 11 is 1.47. The number of benzene rings is 2. The Bertz CT molecular complexity index is 898. The number of hydrogen-bond acceptors (Lipinski definition) is 5. The molecular formula is C19H18FN3O2S. The van der Waals surface area contributed by atoms with E-state index in [4.69, 9.17) is 4.52 Å². The summed E-state index contributed by atoms with van der Waals surface area (Å²) < 4.78 is 18.6. The summed E-state index contributed by atoms with van der Waals surface area (Å²) in [6.45, 7) is 2.10. The van der Waals surface area contributed by atoms with Crippen molar-refractivity contribution in [3.05, 3.63) is 77.2 Å². The van der Waals surface area contributed by atoms with E-state index in [2.05, 4.69) is 15.5 Å². The van der Waals surface area contributed by atoms with Crippen LogP contribution in [0.4, 0.5) is 4.39 Å². The molecule has 0 radical (unpaired) electrons. The molecule has 1 heterocycles. The third-order valence-electron chi connectivity index (χ3n) is 3.70. The van der Waals surface area contributed by atoms with Gasteiger partial charge in [-0.05, 0) is 30.2 Å². The smallest absolute Gasteiger partial charge is 0.252 e. The number of hydrogen-bond donors (Lipinski definition) is 1. The number of carbonyl (C=O) groups is 1. The first-order valence-corrected chi connectivity index (χ1v) is 9.14. The van der Waals surface area contributed by atoms with Crippen LogP contribution in [0.5, 0.6) is 0 Å². The van der Waals surface area contributed by atoms with Gasteiger partial charge in [-0.15, -0.1) is 11.8 Å². The predicted octanol–water partition coefficient (Wildman–Crippen LogP) is 3.78. The largest absolute Gasteiger partial charge is 0.352 e. The molecule has 0 aliphatic rings. The fraction of sp³-hybridized carbons (Fsp3) is 0.211. The Morgan fingerprint density at radius 1 is 1.19 bits per heavy atom. The van der Waals surface area contributed by atoms with Crippen molar-refractivity contribution in [2.75, 3.05) is 6.54 Å². The Labute approximate surface area is 155 Å². The minimum atomic E-state index is -0.256. The van der Waals surface area contributed by atoms with Gasteiger partial charge in [-0.1, -0.05) is 35.5 Å². The Morgan fingerprint density at radius 2 is 1.96 bits per heavy atom. The number of amides is 1. The first-order valence-electron chi connectivity index (χ1n) is 8.16. The van der Waals surface area contributed by atoms with Gasteiger partial charge >= 0.3 is 0 Å². The van der Waals surface area contributed by atoms with Crippen LogP contribution in [0.2, 0.25) is 0 Å². The first kappa shape index (κ1) is 18.1. The number of aryl methyl sites for hydroxylation is 1. The van der Waals surface area contributed by atoms with Crippen LogP contribution in [0.15, 0.2) is 57.9 Å². The minimum absolute atomic E-state index is 0.186. The highest BCUT2D eigenvalue weighted by Crippen LogP contribution is 2.25. The van der Waals surface area contributed by atoms with Crippen molar-refractivity contribution in [1.29, 1.82) is 0 Å². The lowest BCUT2D eigenvalue weighted by molar-refractivity contribution is 0.0951. The summed E-state index contributed by atoms with van der Waals surface area (Å²) in [5.74, 6) is 1.17. The Balaban J connectivity index is 1.59. The molecule has 3 rings (SSSR count). The molecule has 0 fully saturated rings. The zero-order chi connectivity index (χ0) is 18.4. The molecule has 0 atom stereocenters. The minimum Gasteiger partial charge on any atom is -0.352 e. The maximum atomic E-state index is 13.6. The third-order valence-corrected chi connectivity index (χ3v) is 4.77. The molecule has 1 N–H and O–H groups in total. The van der Waals surface area contributed by atoms with E-state index in [1.807, 2.05) is 18.2 Å². The van der Waals surface area contributed by atoms with Crippen molar-refractivity contribution in [2.45, 2.75) is 24.0 Å². The molecule has 7 heteroatoms. The number of aromatic nitrogens is 2. The van der Waals surface area contributed by atoms with E-state index in [9.17, 15) is 9.18 Å². The summed E-state index contributed by atoms with van der Waals surface area (Å²) in [6, 6.07) is 13.9. The number of thioether (sulfide) groups is 1. The van der Waals surface area contributed by atoms with Crippen molar-refractivity contribution in [1.82, 2.24) is 15.5 Å². The molecule has 2 aromatic carbocycles. The number of carbonyl (C=O) groups excluding carboxylic acids is 1. The van der Waals surface area contributed by atoms with Gasteiger partial charge in [0.1, 0.15) is 5.82 Å². The standard InChI is InChI=1S/C19H18FN3O2S/c1-13-22-18(23-25-13)12-26-17-9-5-3-7-15(17)19(24)21-11-10-14-6-2-4-8-16(14)20/h2-9H,10-12H2,1H3,(H,21,24). The average molecular weight is 371 g/mol. The van der Waals surface area contributed by atoms with E-state index >= 15 is 0 Å². The zero-order valence-corrected chi connectivity index (χ0v) is 15.1. The summed E-state index contributed by atoms with van der Waals surface area (Å²) in [5.41, 5.74) is 1.16. The van der Waals surface area contributed by atoms with Gasteiger partial charge in [0.15, 0.2) is 5.82 Å². The normalized spacial score (nSPS) is 10.7. The van der Waals surface area contributed by atoms with Gasteiger partial charge in [-0.2, -0.15) is 4.98 Å². The van der Waals surface area contributed by atoms with Crippen LogP contribution < -0.4 is 5.32 Å². The van der Waals surface area contributed by atoms with Crippen LogP contribution in [-0.2, 0) is 12.2 Å². The van der Waals surface area contributed by atoms with Gasteiger partial charge in [-0.3, -0.25) is 4.79 Å². The molecule has 3 aromatic rings. The van der Waals surface area contributed by atoms with Crippen LogP contribution >= 0.6 is 11.8 Å². The van der Waals surface area contributed by atoms with Gasteiger partial charge in [0.25, 0.3) is 5.91 Å². The summed E-state index contributed by atoms with van der Waals surface area (Å²) in [4.78, 5) is 17.5. The Kier molecular flexibility index (Phi) is 6.01. The van der Waals surface area contributed by atoms with Crippen LogP contribution in [0.3, 0.4) is 0 Å². The van der Waals surface area contributed by atoms with Crippen molar-refractivity contribution >= 4 is 17.7 Å². The summed E-state index contributed by atoms with van der Waals surface area (Å²) in [7, 11) is 0. The molecule has 5 nitrogen and oxygen atoms in total. The molecule has 134 valence electrons. The molecule has 0 saturated carbocycles. The number of nitrogens with one attached hydrogen (secondary N) is 1. The molecule has 1 aromatic heterocycles. The molecule has 26 heavy (non-hydrogen) atoms. The molecule has 0 unspecified atom stereocenters. The second-order valence-electron chi connectivity index (χ2n) is 5.61. The van der Waals surface area contributed by atoms with Crippen molar-refractivity contribution in [2.24, 2.45) is 0 Å². The maximum Gasteiger partial charge on any atom is 0.252 e. The van der Waals surface area contributed by atoms with Crippen molar-refractivity contribution in [3.8, 4) is 0 Å². The second kappa shape index (κ2) is 8.62. The highest BCUT2D eigenvalue weighted by molar-refractivity contribution is 7.98. The van der Waals surface area contributed by atoms with E-state index in [0.29, 0.717) is 41.6 Å². The predicted molar refractivity (Wildman–Crippen MR) is 97.5 cm³/mol. The molecule has 1 amide bonds. The molecule has 0 bridgehead atoms. The quantitative estimate of drug-likeness (QED) is 0.640. The molecule has 0 aliphatic carbocycles. The van der Waals surface area contributed by atoms with E-state index < -0.39 is 0 Å². The lowest BCUT2D eigenvalue weighted by Crippen LogP contribution is -2.26. The highest BCUT2D eigenvalue weighted by Gasteiger charge is 2.12. The lowest BCUT2D eigenvalue weighted by Gasteiger charge is -2.09. The first-order chi connectivity index (χ1) is 12.6. The summed E-state index contributed by atoms with van der Waals surface area (Å²) in [6.07, 6.45) is 0.440. The van der Waals surface area contributed by atoms with Crippen LogP contribution in [0.25, 0.3) is 0 Å².